The largest absolute Gasteiger partial charge is 0.378 e. The molecule has 0 spiro atoms. The van der Waals surface area contributed by atoms with Crippen LogP contribution >= 0.6 is 11.6 Å². The lowest BCUT2D eigenvalue weighted by Crippen LogP contribution is -2.40. The summed E-state index contributed by atoms with van der Waals surface area (Å²) in [5, 5.41) is 3.19. The number of ether oxygens (including phenoxy) is 1. The van der Waals surface area contributed by atoms with Gasteiger partial charge in [-0.25, -0.2) is 4.90 Å². The number of amides is 3. The molecule has 0 atom stereocenters. The van der Waals surface area contributed by atoms with Crippen molar-refractivity contribution in [3.63, 3.8) is 0 Å². The summed E-state index contributed by atoms with van der Waals surface area (Å²) >= 11 is 6.26. The molecule has 160 valence electrons. The number of hydrogen-bond acceptors (Lipinski definition) is 5. The molecule has 7 nitrogen and oxygen atoms in total. The molecule has 31 heavy (non-hydrogen) atoms. The number of imide groups is 1. The maximum Gasteiger partial charge on any atom is 0.282 e. The van der Waals surface area contributed by atoms with Gasteiger partial charge in [0.25, 0.3) is 11.8 Å². The van der Waals surface area contributed by atoms with Crippen molar-refractivity contribution < 1.29 is 19.1 Å². The number of halogens is 1. The smallest absolute Gasteiger partial charge is 0.282 e. The Morgan fingerprint density at radius 1 is 1.03 bits per heavy atom. The maximum atomic E-state index is 13.6. The molecule has 2 heterocycles. The number of carbonyl (C=O) groups excluding carboxylic acids is 3. The molecule has 0 bridgehead atoms. The van der Waals surface area contributed by atoms with Gasteiger partial charge >= 0.3 is 0 Å². The van der Waals surface area contributed by atoms with Crippen LogP contribution in [0.25, 0.3) is 5.57 Å². The number of morpholine rings is 1. The highest BCUT2D eigenvalue weighted by atomic mass is 35.5. The zero-order valence-electron chi connectivity index (χ0n) is 17.3. The second-order valence-corrected chi connectivity index (χ2v) is 7.82. The SMILES string of the molecule is CC(=O)Nc1ccc(C2=C(N3CCOCC3)C(=O)N(c3cccc(Cl)c3C)C2=O)cc1. The average Bonchev–Trinajstić information content (AvgIpc) is 3.01. The molecule has 0 aliphatic carbocycles. The van der Waals surface area contributed by atoms with Gasteiger partial charge in [-0.3, -0.25) is 14.4 Å². The van der Waals surface area contributed by atoms with E-state index in [0.717, 1.165) is 0 Å². The molecule has 2 aliphatic rings. The Labute approximate surface area is 185 Å². The average molecular weight is 440 g/mol. The van der Waals surface area contributed by atoms with Gasteiger partial charge in [-0.1, -0.05) is 29.8 Å². The number of benzene rings is 2. The third-order valence-corrected chi connectivity index (χ3v) is 5.77. The van der Waals surface area contributed by atoms with Gasteiger partial charge in [0.05, 0.1) is 24.5 Å². The zero-order chi connectivity index (χ0) is 22.1. The van der Waals surface area contributed by atoms with Crippen molar-refractivity contribution in [1.29, 1.82) is 0 Å². The Bertz CT molecular complexity index is 1090. The van der Waals surface area contributed by atoms with Crippen LogP contribution in [0.2, 0.25) is 5.02 Å². The van der Waals surface area contributed by atoms with Gasteiger partial charge in [-0.2, -0.15) is 0 Å². The lowest BCUT2D eigenvalue weighted by molar-refractivity contribution is -0.121. The number of nitrogens with zero attached hydrogens (tertiary/aromatic N) is 2. The lowest BCUT2D eigenvalue weighted by atomic mass is 10.0. The van der Waals surface area contributed by atoms with Gasteiger partial charge in [-0.05, 0) is 42.3 Å². The molecule has 2 aromatic rings. The van der Waals surface area contributed by atoms with Crippen molar-refractivity contribution in [3.8, 4) is 0 Å². The van der Waals surface area contributed by atoms with Crippen molar-refractivity contribution in [2.75, 3.05) is 36.5 Å². The van der Waals surface area contributed by atoms with Crippen LogP contribution in [0.3, 0.4) is 0 Å². The van der Waals surface area contributed by atoms with Crippen LogP contribution in [-0.2, 0) is 19.1 Å². The normalized spacial score (nSPS) is 16.9. The number of hydrogen-bond donors (Lipinski definition) is 1. The summed E-state index contributed by atoms with van der Waals surface area (Å²) in [5.74, 6) is -0.960. The first kappa shape index (κ1) is 21.1. The van der Waals surface area contributed by atoms with E-state index < -0.39 is 5.91 Å². The van der Waals surface area contributed by atoms with Crippen molar-refractivity contribution in [2.45, 2.75) is 13.8 Å². The molecule has 1 fully saturated rings. The van der Waals surface area contributed by atoms with Crippen LogP contribution in [0.15, 0.2) is 48.2 Å². The first-order valence-electron chi connectivity index (χ1n) is 9.97. The monoisotopic (exact) mass is 439 g/mol. The van der Waals surface area contributed by atoms with Gasteiger partial charge in [0.15, 0.2) is 0 Å². The molecule has 2 aliphatic heterocycles. The van der Waals surface area contributed by atoms with Gasteiger partial charge in [-0.15, -0.1) is 0 Å². The Balaban J connectivity index is 1.80. The molecule has 0 aromatic heterocycles. The van der Waals surface area contributed by atoms with E-state index in [2.05, 4.69) is 5.32 Å². The van der Waals surface area contributed by atoms with Gasteiger partial charge in [0.2, 0.25) is 5.91 Å². The van der Waals surface area contributed by atoms with Crippen molar-refractivity contribution >= 4 is 46.3 Å². The van der Waals surface area contributed by atoms with E-state index >= 15 is 0 Å². The van der Waals surface area contributed by atoms with Crippen LogP contribution in [-0.4, -0.2) is 48.9 Å². The minimum Gasteiger partial charge on any atom is -0.378 e. The first-order chi connectivity index (χ1) is 14.9. The Kier molecular flexibility index (Phi) is 5.80. The number of rotatable bonds is 4. The van der Waals surface area contributed by atoms with Crippen LogP contribution in [0, 0.1) is 6.92 Å². The van der Waals surface area contributed by atoms with E-state index in [4.69, 9.17) is 16.3 Å². The van der Waals surface area contributed by atoms with Gasteiger partial charge in [0.1, 0.15) is 5.70 Å². The Hall–Kier alpha value is -3.16. The summed E-state index contributed by atoms with van der Waals surface area (Å²) in [6, 6.07) is 12.1. The van der Waals surface area contributed by atoms with Crippen LogP contribution in [0.1, 0.15) is 18.1 Å². The third-order valence-electron chi connectivity index (χ3n) is 5.36. The summed E-state index contributed by atoms with van der Waals surface area (Å²) in [4.78, 5) is 41.5. The standard InChI is InChI=1S/C23H22ClN3O4/c1-14-18(24)4-3-5-19(14)27-22(29)20(16-6-8-17(9-7-16)25-15(2)28)21(23(27)30)26-10-12-31-13-11-26/h3-9H,10-13H2,1-2H3,(H,25,28). The molecule has 2 aromatic carbocycles. The third kappa shape index (κ3) is 3.94. The fraction of sp³-hybridized carbons (Fsp3) is 0.261. The number of anilines is 2. The number of nitrogens with one attached hydrogen (secondary N) is 1. The topological polar surface area (TPSA) is 79.0 Å². The lowest BCUT2D eigenvalue weighted by Gasteiger charge is -2.29. The van der Waals surface area contributed by atoms with E-state index in [0.29, 0.717) is 65.1 Å². The minimum atomic E-state index is -0.399. The van der Waals surface area contributed by atoms with Gasteiger partial charge in [0, 0.05) is 30.7 Å². The van der Waals surface area contributed by atoms with E-state index in [1.807, 2.05) is 4.90 Å². The molecule has 0 radical (unpaired) electrons. The molecular weight excluding hydrogens is 418 g/mol. The maximum absolute atomic E-state index is 13.6. The van der Waals surface area contributed by atoms with Crippen LogP contribution in [0.4, 0.5) is 11.4 Å². The summed E-state index contributed by atoms with van der Waals surface area (Å²) < 4.78 is 5.43. The predicted octanol–water partition coefficient (Wildman–Crippen LogP) is 3.22. The van der Waals surface area contributed by atoms with Gasteiger partial charge < -0.3 is 15.0 Å². The molecular formula is C23H22ClN3O4. The zero-order valence-corrected chi connectivity index (χ0v) is 18.0. The molecule has 8 heteroatoms. The second kappa shape index (κ2) is 8.53. The summed E-state index contributed by atoms with van der Waals surface area (Å²) in [6.45, 7) is 5.21. The molecule has 0 saturated carbocycles. The fourth-order valence-corrected chi connectivity index (χ4v) is 4.01. The fourth-order valence-electron chi connectivity index (χ4n) is 3.84. The Morgan fingerprint density at radius 3 is 2.35 bits per heavy atom. The Morgan fingerprint density at radius 2 is 1.71 bits per heavy atom. The predicted molar refractivity (Wildman–Crippen MR) is 119 cm³/mol. The van der Waals surface area contributed by atoms with E-state index in [1.165, 1.54) is 11.8 Å². The molecule has 4 rings (SSSR count). The molecule has 1 N–H and O–H groups in total. The number of carbonyl (C=O) groups is 3. The molecule has 1 saturated heterocycles. The summed E-state index contributed by atoms with van der Waals surface area (Å²) in [7, 11) is 0. The summed E-state index contributed by atoms with van der Waals surface area (Å²) in [5.41, 5.74) is 3.05. The van der Waals surface area contributed by atoms with E-state index in [-0.39, 0.29) is 11.8 Å². The molecule has 0 unspecified atom stereocenters. The second-order valence-electron chi connectivity index (χ2n) is 7.41. The highest BCUT2D eigenvalue weighted by Gasteiger charge is 2.43. The van der Waals surface area contributed by atoms with Crippen molar-refractivity contribution in [2.24, 2.45) is 0 Å². The minimum absolute atomic E-state index is 0.185. The highest BCUT2D eigenvalue weighted by molar-refractivity contribution is 6.46. The van der Waals surface area contributed by atoms with Crippen LogP contribution < -0.4 is 10.2 Å². The molecule has 3 amide bonds. The van der Waals surface area contributed by atoms with Crippen molar-refractivity contribution in [3.05, 3.63) is 64.3 Å². The summed E-state index contributed by atoms with van der Waals surface area (Å²) in [6.07, 6.45) is 0. The van der Waals surface area contributed by atoms with E-state index in [9.17, 15) is 14.4 Å². The quantitative estimate of drug-likeness (QED) is 0.740. The van der Waals surface area contributed by atoms with E-state index in [1.54, 1.807) is 49.4 Å². The highest BCUT2D eigenvalue weighted by Crippen LogP contribution is 2.37. The van der Waals surface area contributed by atoms with Crippen molar-refractivity contribution in [1.82, 2.24) is 4.90 Å². The first-order valence-corrected chi connectivity index (χ1v) is 10.3. The van der Waals surface area contributed by atoms with Crippen LogP contribution in [0.5, 0.6) is 0 Å².